The van der Waals surface area contributed by atoms with Crippen LogP contribution in [0.1, 0.15) is 31.0 Å². The van der Waals surface area contributed by atoms with Gasteiger partial charge in [-0.3, -0.25) is 0 Å². The summed E-state index contributed by atoms with van der Waals surface area (Å²) in [6, 6.07) is 10.4. The molecule has 1 saturated heterocycles. The average Bonchev–Trinajstić information content (AvgIpc) is 3.05. The fraction of sp³-hybridized carbons (Fsp3) is 0.500. The summed E-state index contributed by atoms with van der Waals surface area (Å²) < 4.78 is 5.05. The monoisotopic (exact) mass is 343 g/mol. The van der Waals surface area contributed by atoms with E-state index in [0.717, 1.165) is 32.4 Å². The number of nitrogens with zero attached hydrogens (tertiary/aromatic N) is 3. The van der Waals surface area contributed by atoms with Crippen molar-refractivity contribution in [2.75, 3.05) is 24.5 Å². The van der Waals surface area contributed by atoms with Gasteiger partial charge in [0.05, 0.1) is 0 Å². The summed E-state index contributed by atoms with van der Waals surface area (Å²) in [6.07, 6.45) is 3.54. The second-order valence-corrected chi connectivity index (χ2v) is 6.36. The number of rotatable bonds is 6. The fourth-order valence-corrected chi connectivity index (χ4v) is 3.09. The summed E-state index contributed by atoms with van der Waals surface area (Å²) in [4.78, 5) is 18.5. The van der Waals surface area contributed by atoms with E-state index < -0.39 is 0 Å². The van der Waals surface area contributed by atoms with Crippen LogP contribution in [-0.4, -0.2) is 41.8 Å². The minimum atomic E-state index is -0.110. The van der Waals surface area contributed by atoms with Crippen LogP contribution in [0.3, 0.4) is 0 Å². The highest BCUT2D eigenvalue weighted by molar-refractivity contribution is 5.74. The topological polar surface area (TPSA) is 83.3 Å². The molecule has 3 rings (SSSR count). The van der Waals surface area contributed by atoms with Gasteiger partial charge >= 0.3 is 6.03 Å². The number of para-hydroxylation sites is 1. The van der Waals surface area contributed by atoms with E-state index >= 15 is 0 Å². The molecule has 0 saturated carbocycles. The van der Waals surface area contributed by atoms with Crippen molar-refractivity contribution in [1.29, 1.82) is 0 Å². The molecule has 2 heterocycles. The van der Waals surface area contributed by atoms with Crippen LogP contribution in [0.15, 0.2) is 34.9 Å². The van der Waals surface area contributed by atoms with Gasteiger partial charge in [-0.1, -0.05) is 23.4 Å². The molecule has 134 valence electrons. The number of anilines is 1. The molecule has 7 nitrogen and oxygen atoms in total. The number of aromatic nitrogens is 2. The largest absolute Gasteiger partial charge is 0.369 e. The Morgan fingerprint density at radius 2 is 2.20 bits per heavy atom. The molecule has 2 N–H and O–H groups in total. The maximum atomic E-state index is 12.1. The minimum Gasteiger partial charge on any atom is -0.369 e. The molecule has 1 unspecified atom stereocenters. The van der Waals surface area contributed by atoms with Gasteiger partial charge in [-0.25, -0.2) is 4.79 Å². The maximum Gasteiger partial charge on any atom is 0.315 e. The van der Waals surface area contributed by atoms with Crippen LogP contribution in [0, 0.1) is 6.92 Å². The number of benzene rings is 1. The molecule has 0 aliphatic carbocycles. The van der Waals surface area contributed by atoms with E-state index in [1.807, 2.05) is 18.2 Å². The van der Waals surface area contributed by atoms with Crippen LogP contribution in [0.25, 0.3) is 0 Å². The molecule has 0 bridgehead atoms. The first-order chi connectivity index (χ1) is 12.2. The molecule has 2 amide bonds. The van der Waals surface area contributed by atoms with Gasteiger partial charge in [-0.05, 0) is 38.3 Å². The van der Waals surface area contributed by atoms with E-state index in [1.165, 1.54) is 5.69 Å². The average molecular weight is 343 g/mol. The maximum absolute atomic E-state index is 12.1. The lowest BCUT2D eigenvalue weighted by Gasteiger charge is -2.34. The van der Waals surface area contributed by atoms with Crippen LogP contribution in [0.4, 0.5) is 10.5 Å². The third-order valence-electron chi connectivity index (χ3n) is 4.30. The number of hydrogen-bond donors (Lipinski definition) is 2. The van der Waals surface area contributed by atoms with Crippen molar-refractivity contribution in [3.8, 4) is 0 Å². The number of hydrogen-bond acceptors (Lipinski definition) is 5. The lowest BCUT2D eigenvalue weighted by Crippen LogP contribution is -2.50. The van der Waals surface area contributed by atoms with Gasteiger partial charge in [-0.2, -0.15) is 4.98 Å². The molecule has 1 aliphatic rings. The number of carbonyl (C=O) groups excluding carboxylic acids is 1. The Kier molecular flexibility index (Phi) is 5.87. The number of urea groups is 1. The van der Waals surface area contributed by atoms with Crippen molar-refractivity contribution in [1.82, 2.24) is 20.8 Å². The van der Waals surface area contributed by atoms with Gasteiger partial charge < -0.3 is 20.1 Å². The number of amides is 2. The normalized spacial score (nSPS) is 17.3. The Bertz CT molecular complexity index is 673. The minimum absolute atomic E-state index is 0.110. The Labute approximate surface area is 147 Å². The van der Waals surface area contributed by atoms with Crippen molar-refractivity contribution in [3.05, 3.63) is 42.0 Å². The highest BCUT2D eigenvalue weighted by Gasteiger charge is 2.21. The summed E-state index contributed by atoms with van der Waals surface area (Å²) in [7, 11) is 0. The molecular weight excluding hydrogens is 318 g/mol. The van der Waals surface area contributed by atoms with Gasteiger partial charge in [0.25, 0.3) is 0 Å². The number of aryl methyl sites for hydroxylation is 2. The number of carbonyl (C=O) groups is 1. The third-order valence-corrected chi connectivity index (χ3v) is 4.30. The summed E-state index contributed by atoms with van der Waals surface area (Å²) in [5.74, 6) is 1.26. The van der Waals surface area contributed by atoms with E-state index in [1.54, 1.807) is 6.92 Å². The first-order valence-corrected chi connectivity index (χ1v) is 8.84. The molecule has 1 atom stereocenters. The summed E-state index contributed by atoms with van der Waals surface area (Å²) in [6.45, 7) is 4.26. The third kappa shape index (κ3) is 5.20. The molecule has 1 aromatic carbocycles. The van der Waals surface area contributed by atoms with Gasteiger partial charge in [0.2, 0.25) is 5.89 Å². The van der Waals surface area contributed by atoms with Gasteiger partial charge in [0.1, 0.15) is 0 Å². The van der Waals surface area contributed by atoms with Crippen molar-refractivity contribution in [2.45, 2.75) is 38.6 Å². The summed E-state index contributed by atoms with van der Waals surface area (Å²) >= 11 is 0. The predicted octanol–water partition coefficient (Wildman–Crippen LogP) is 2.28. The van der Waals surface area contributed by atoms with Crippen molar-refractivity contribution in [3.63, 3.8) is 0 Å². The first kappa shape index (κ1) is 17.3. The van der Waals surface area contributed by atoms with Crippen LogP contribution in [0.2, 0.25) is 0 Å². The predicted molar refractivity (Wildman–Crippen MR) is 95.6 cm³/mol. The molecule has 2 aromatic rings. The molecule has 1 aromatic heterocycles. The van der Waals surface area contributed by atoms with E-state index in [4.69, 9.17) is 4.52 Å². The van der Waals surface area contributed by atoms with E-state index in [0.29, 0.717) is 24.7 Å². The van der Waals surface area contributed by atoms with Gasteiger partial charge in [0, 0.05) is 37.8 Å². The van der Waals surface area contributed by atoms with Gasteiger partial charge in [0.15, 0.2) is 5.82 Å². The van der Waals surface area contributed by atoms with E-state index in [-0.39, 0.29) is 12.1 Å². The zero-order chi connectivity index (χ0) is 17.5. The summed E-state index contributed by atoms with van der Waals surface area (Å²) in [5, 5.41) is 9.73. The smallest absolute Gasteiger partial charge is 0.315 e. The lowest BCUT2D eigenvalue weighted by molar-refractivity contribution is 0.234. The molecule has 0 radical (unpaired) electrons. The van der Waals surface area contributed by atoms with Crippen LogP contribution in [0.5, 0.6) is 0 Å². The Morgan fingerprint density at radius 3 is 2.96 bits per heavy atom. The first-order valence-electron chi connectivity index (χ1n) is 8.84. The number of nitrogens with one attached hydrogen (secondary N) is 2. The van der Waals surface area contributed by atoms with E-state index in [9.17, 15) is 4.79 Å². The van der Waals surface area contributed by atoms with Crippen molar-refractivity contribution in [2.24, 2.45) is 0 Å². The molecular formula is C18H25N5O2. The zero-order valence-electron chi connectivity index (χ0n) is 14.6. The number of piperidine rings is 1. The van der Waals surface area contributed by atoms with Crippen LogP contribution < -0.4 is 15.5 Å². The van der Waals surface area contributed by atoms with E-state index in [2.05, 4.69) is 37.8 Å². The van der Waals surface area contributed by atoms with Crippen LogP contribution >= 0.6 is 0 Å². The fourth-order valence-electron chi connectivity index (χ4n) is 3.09. The highest BCUT2D eigenvalue weighted by Crippen LogP contribution is 2.19. The highest BCUT2D eigenvalue weighted by atomic mass is 16.5. The Morgan fingerprint density at radius 1 is 1.36 bits per heavy atom. The molecule has 1 fully saturated rings. The Balaban J connectivity index is 1.37. The zero-order valence-corrected chi connectivity index (χ0v) is 14.6. The summed E-state index contributed by atoms with van der Waals surface area (Å²) in [5.41, 5.74) is 1.21. The molecule has 7 heteroatoms. The van der Waals surface area contributed by atoms with Crippen molar-refractivity contribution < 1.29 is 9.32 Å². The second-order valence-electron chi connectivity index (χ2n) is 6.36. The van der Waals surface area contributed by atoms with Crippen molar-refractivity contribution >= 4 is 11.7 Å². The molecule has 25 heavy (non-hydrogen) atoms. The SMILES string of the molecule is Cc1noc(CCCNC(=O)NC2CCCN(c3ccccc3)C2)n1. The van der Waals surface area contributed by atoms with Crippen LogP contribution in [-0.2, 0) is 6.42 Å². The quantitative estimate of drug-likeness (QED) is 0.786. The van der Waals surface area contributed by atoms with Gasteiger partial charge in [-0.15, -0.1) is 0 Å². The molecule has 0 spiro atoms. The standard InChI is InChI=1S/C18H25N5O2/c1-14-20-17(25-22-14)10-5-11-19-18(24)21-15-7-6-12-23(13-15)16-8-3-2-4-9-16/h2-4,8-9,15H,5-7,10-13H2,1H3,(H2,19,21,24). The Hall–Kier alpha value is -2.57. The second kappa shape index (κ2) is 8.50. The lowest BCUT2D eigenvalue weighted by atomic mass is 10.1. The molecule has 1 aliphatic heterocycles.